The largest absolute Gasteiger partial charge is 0.465 e. The highest BCUT2D eigenvalue weighted by Gasteiger charge is 2.61. The molecule has 0 unspecified atom stereocenters. The van der Waals surface area contributed by atoms with E-state index >= 15 is 0 Å². The number of nitriles is 1. The van der Waals surface area contributed by atoms with Crippen LogP contribution in [0.2, 0.25) is 0 Å². The molecule has 1 aromatic heterocycles. The quantitative estimate of drug-likeness (QED) is 0.877. The monoisotopic (exact) mass is 257 g/mol. The molecular weight excluding hydrogens is 242 g/mol. The molecule has 1 amide bonds. The van der Waals surface area contributed by atoms with Crippen LogP contribution in [0.1, 0.15) is 18.4 Å². The molecule has 5 nitrogen and oxygen atoms in total. The van der Waals surface area contributed by atoms with Gasteiger partial charge in [0.25, 0.3) is 0 Å². The van der Waals surface area contributed by atoms with Gasteiger partial charge in [0, 0.05) is 30.9 Å². The lowest BCUT2D eigenvalue weighted by Crippen LogP contribution is -2.66. The van der Waals surface area contributed by atoms with E-state index in [-0.39, 0.29) is 10.8 Å². The first kappa shape index (κ1) is 12.0. The highest BCUT2D eigenvalue weighted by Crippen LogP contribution is 2.59. The molecule has 3 rings (SSSR count). The van der Waals surface area contributed by atoms with E-state index in [4.69, 9.17) is 5.11 Å². The van der Waals surface area contributed by atoms with Crippen LogP contribution in [0.5, 0.6) is 0 Å². The summed E-state index contributed by atoms with van der Waals surface area (Å²) in [7, 11) is 0. The Labute approximate surface area is 111 Å². The first-order chi connectivity index (χ1) is 9.06. The van der Waals surface area contributed by atoms with Crippen LogP contribution in [-0.2, 0) is 6.42 Å². The average molecular weight is 257 g/mol. The molecule has 2 aliphatic rings. The van der Waals surface area contributed by atoms with Crippen molar-refractivity contribution < 1.29 is 9.90 Å². The van der Waals surface area contributed by atoms with Crippen molar-refractivity contribution in [1.82, 2.24) is 9.88 Å². The molecule has 98 valence electrons. The van der Waals surface area contributed by atoms with Gasteiger partial charge in [0.05, 0.1) is 11.5 Å². The van der Waals surface area contributed by atoms with Crippen LogP contribution < -0.4 is 0 Å². The normalized spacial score (nSPS) is 22.2. The standard InChI is InChI=1S/C14H15N3O2/c15-8-13(4-11-2-1-3-16-5-11)6-14(7-13)9-17(10-14)12(18)19/h1-3,5H,4,6-7,9-10H2,(H,18,19). The zero-order chi connectivity index (χ0) is 13.5. The lowest BCUT2D eigenvalue weighted by molar-refractivity contribution is -0.107. The topological polar surface area (TPSA) is 77.2 Å². The molecule has 1 spiro atoms. The fraction of sp³-hybridized carbons (Fsp3) is 0.500. The summed E-state index contributed by atoms with van der Waals surface area (Å²) < 4.78 is 0. The van der Waals surface area contributed by atoms with Gasteiger partial charge in [0.1, 0.15) is 0 Å². The maximum atomic E-state index is 10.8. The van der Waals surface area contributed by atoms with Gasteiger partial charge in [0.2, 0.25) is 0 Å². The second-order valence-corrected chi connectivity index (χ2v) is 5.92. The minimum Gasteiger partial charge on any atom is -0.465 e. The Morgan fingerprint density at radius 1 is 1.53 bits per heavy atom. The number of pyridine rings is 1. The summed E-state index contributed by atoms with van der Waals surface area (Å²) in [5.74, 6) is 0. The Kier molecular flexibility index (Phi) is 2.49. The molecule has 0 aromatic carbocycles. The second-order valence-electron chi connectivity index (χ2n) is 5.92. The Balaban J connectivity index is 1.64. The molecule has 0 radical (unpaired) electrons. The molecule has 19 heavy (non-hydrogen) atoms. The third-order valence-corrected chi connectivity index (χ3v) is 4.25. The molecule has 2 fully saturated rings. The maximum Gasteiger partial charge on any atom is 0.407 e. The Bertz CT molecular complexity index is 536. The zero-order valence-electron chi connectivity index (χ0n) is 10.5. The molecule has 1 aliphatic carbocycles. The number of aromatic nitrogens is 1. The van der Waals surface area contributed by atoms with Crippen molar-refractivity contribution in [3.63, 3.8) is 0 Å². The number of likely N-dealkylation sites (tertiary alicyclic amines) is 1. The molecule has 1 N–H and O–H groups in total. The van der Waals surface area contributed by atoms with E-state index in [0.29, 0.717) is 19.5 Å². The summed E-state index contributed by atoms with van der Waals surface area (Å²) in [4.78, 5) is 16.3. The summed E-state index contributed by atoms with van der Waals surface area (Å²) in [5, 5.41) is 18.3. The second kappa shape index (κ2) is 3.95. The third kappa shape index (κ3) is 1.93. The van der Waals surface area contributed by atoms with Gasteiger partial charge in [-0.15, -0.1) is 0 Å². The van der Waals surface area contributed by atoms with E-state index in [0.717, 1.165) is 18.4 Å². The molecule has 1 aromatic rings. The van der Waals surface area contributed by atoms with Gasteiger partial charge in [-0.2, -0.15) is 5.26 Å². The number of rotatable bonds is 2. The van der Waals surface area contributed by atoms with E-state index in [2.05, 4.69) is 11.1 Å². The number of amides is 1. The van der Waals surface area contributed by atoms with Crippen LogP contribution in [0, 0.1) is 22.2 Å². The highest BCUT2D eigenvalue weighted by atomic mass is 16.4. The van der Waals surface area contributed by atoms with Gasteiger partial charge in [-0.25, -0.2) is 4.79 Å². The number of carbonyl (C=O) groups is 1. The molecule has 1 aliphatic heterocycles. The van der Waals surface area contributed by atoms with Gasteiger partial charge >= 0.3 is 6.09 Å². The molecule has 1 saturated carbocycles. The first-order valence-corrected chi connectivity index (χ1v) is 6.35. The maximum absolute atomic E-state index is 10.8. The molecule has 0 atom stereocenters. The Hall–Kier alpha value is -2.09. The van der Waals surface area contributed by atoms with Gasteiger partial charge in [-0.1, -0.05) is 6.07 Å². The van der Waals surface area contributed by atoms with Gasteiger partial charge in [0.15, 0.2) is 0 Å². The van der Waals surface area contributed by atoms with Crippen LogP contribution in [0.4, 0.5) is 4.79 Å². The SMILES string of the molecule is N#CC1(Cc2cccnc2)CC2(CN(C(=O)O)C2)C1. The zero-order valence-corrected chi connectivity index (χ0v) is 10.5. The van der Waals surface area contributed by atoms with E-state index in [1.807, 2.05) is 12.1 Å². The number of hydrogen-bond acceptors (Lipinski definition) is 3. The van der Waals surface area contributed by atoms with Crippen molar-refractivity contribution in [3.8, 4) is 6.07 Å². The molecule has 5 heteroatoms. The van der Waals surface area contributed by atoms with Crippen LogP contribution >= 0.6 is 0 Å². The third-order valence-electron chi connectivity index (χ3n) is 4.25. The van der Waals surface area contributed by atoms with Crippen molar-refractivity contribution in [2.24, 2.45) is 10.8 Å². The van der Waals surface area contributed by atoms with Crippen molar-refractivity contribution in [2.45, 2.75) is 19.3 Å². The minimum absolute atomic E-state index is 0.0658. The summed E-state index contributed by atoms with van der Waals surface area (Å²) in [6.07, 6.45) is 4.99. The number of nitrogens with zero attached hydrogens (tertiary/aromatic N) is 3. The smallest absolute Gasteiger partial charge is 0.407 e. The van der Waals surface area contributed by atoms with E-state index in [9.17, 15) is 10.1 Å². The number of hydrogen-bond donors (Lipinski definition) is 1. The van der Waals surface area contributed by atoms with E-state index in [1.54, 1.807) is 12.4 Å². The van der Waals surface area contributed by atoms with Crippen molar-refractivity contribution in [3.05, 3.63) is 30.1 Å². The molecule has 0 bridgehead atoms. The van der Waals surface area contributed by atoms with E-state index in [1.165, 1.54) is 4.90 Å². The van der Waals surface area contributed by atoms with E-state index < -0.39 is 6.09 Å². The molecular formula is C14H15N3O2. The van der Waals surface area contributed by atoms with Gasteiger partial charge in [-0.3, -0.25) is 4.98 Å². The van der Waals surface area contributed by atoms with Crippen LogP contribution in [-0.4, -0.2) is 34.2 Å². The molecule has 2 heterocycles. The predicted molar refractivity (Wildman–Crippen MR) is 67.3 cm³/mol. The van der Waals surface area contributed by atoms with Crippen LogP contribution in [0.3, 0.4) is 0 Å². The Morgan fingerprint density at radius 3 is 2.79 bits per heavy atom. The summed E-state index contributed by atoms with van der Waals surface area (Å²) >= 11 is 0. The summed E-state index contributed by atoms with van der Waals surface area (Å²) in [5.41, 5.74) is 0.817. The lowest BCUT2D eigenvalue weighted by Gasteiger charge is -2.61. The van der Waals surface area contributed by atoms with Gasteiger partial charge in [-0.05, 0) is 30.9 Å². The fourth-order valence-electron chi connectivity index (χ4n) is 3.64. The summed E-state index contributed by atoms with van der Waals surface area (Å²) in [6.45, 7) is 1.16. The lowest BCUT2D eigenvalue weighted by atomic mass is 9.49. The van der Waals surface area contributed by atoms with Gasteiger partial charge < -0.3 is 10.0 Å². The first-order valence-electron chi connectivity index (χ1n) is 6.35. The number of carboxylic acid groups (broad SMARTS) is 1. The minimum atomic E-state index is -0.854. The Morgan fingerprint density at radius 2 is 2.26 bits per heavy atom. The predicted octanol–water partition coefficient (Wildman–Crippen LogP) is 1.91. The highest BCUT2D eigenvalue weighted by molar-refractivity contribution is 5.66. The average Bonchev–Trinajstić information content (AvgIpc) is 2.31. The fourth-order valence-corrected chi connectivity index (χ4v) is 3.64. The van der Waals surface area contributed by atoms with Crippen molar-refractivity contribution in [2.75, 3.05) is 13.1 Å². The van der Waals surface area contributed by atoms with Crippen molar-refractivity contribution >= 4 is 6.09 Å². The van der Waals surface area contributed by atoms with Crippen LogP contribution in [0.25, 0.3) is 0 Å². The molecule has 1 saturated heterocycles. The summed E-state index contributed by atoms with van der Waals surface area (Å²) in [6, 6.07) is 6.30. The van der Waals surface area contributed by atoms with Crippen molar-refractivity contribution in [1.29, 1.82) is 5.26 Å². The van der Waals surface area contributed by atoms with Crippen LogP contribution in [0.15, 0.2) is 24.5 Å².